The van der Waals surface area contributed by atoms with E-state index in [1.54, 1.807) is 0 Å². The second kappa shape index (κ2) is 6.78. The first-order valence-electron chi connectivity index (χ1n) is 3.88. The fourth-order valence-electron chi connectivity index (χ4n) is 0.915. The summed E-state index contributed by atoms with van der Waals surface area (Å²) in [7, 11) is 0. The summed E-state index contributed by atoms with van der Waals surface area (Å²) in [5.74, 6) is 0. The molecular formula is C6H14Cl2O5. The summed E-state index contributed by atoms with van der Waals surface area (Å²) < 4.78 is 11.8. The summed E-state index contributed by atoms with van der Waals surface area (Å²) in [6, 6.07) is 0. The van der Waals surface area contributed by atoms with E-state index >= 15 is 0 Å². The average molecular weight is 238 g/mol. The minimum absolute atomic E-state index is 0. The molecule has 5 nitrogen and oxygen atoms in total. The molecule has 1 aliphatic heterocycles. The predicted octanol–water partition coefficient (Wildman–Crippen LogP) is -1.70. The first kappa shape index (κ1) is 13.4. The van der Waals surface area contributed by atoms with Crippen LogP contribution < -0.4 is 0 Å². The molecule has 0 aromatic rings. The van der Waals surface area contributed by atoms with Crippen LogP contribution in [0.4, 0.5) is 0 Å². The van der Waals surface area contributed by atoms with Crippen LogP contribution in [0.25, 0.3) is 0 Å². The lowest BCUT2D eigenvalue weighted by atomic mass is 10.0. The van der Waals surface area contributed by atoms with Gasteiger partial charge in [0, 0.05) is 0 Å². The Morgan fingerprint density at radius 1 is 1.23 bits per heavy atom. The molecule has 82 valence electrons. The summed E-state index contributed by atoms with van der Waals surface area (Å²) in [6.45, 7) is -1.80. The minimum Gasteiger partial charge on any atom is -0.394 e. The van der Waals surface area contributed by atoms with Crippen molar-refractivity contribution in [2.24, 2.45) is 0 Å². The second-order valence-electron chi connectivity index (χ2n) is 2.46. The highest BCUT2D eigenvalue weighted by Gasteiger charge is 2.36. The maximum absolute atomic E-state index is 9.15. The molecule has 0 aromatic heterocycles. The van der Waals surface area contributed by atoms with Crippen LogP contribution in [0.15, 0.2) is 0 Å². The molecule has 0 amide bonds. The van der Waals surface area contributed by atoms with Gasteiger partial charge in [0.2, 0.25) is 0 Å². The van der Waals surface area contributed by atoms with E-state index in [0.29, 0.717) is 0 Å². The molecule has 1 heterocycles. The maximum atomic E-state index is 9.15. The fourth-order valence-corrected chi connectivity index (χ4v) is 0.915. The SMILES string of the molecule is Cl.Cl.[2H]C1O[C@H](CO)[C@@H](O)[C@H](O)[C@H]1O. The quantitative estimate of drug-likeness (QED) is 0.437. The Labute approximate surface area is 89.6 Å². The number of rotatable bonds is 1. The summed E-state index contributed by atoms with van der Waals surface area (Å²) in [6.07, 6.45) is -5.20. The van der Waals surface area contributed by atoms with Crippen molar-refractivity contribution >= 4 is 24.8 Å². The van der Waals surface area contributed by atoms with Gasteiger partial charge in [0.1, 0.15) is 24.4 Å². The molecule has 13 heavy (non-hydrogen) atoms. The van der Waals surface area contributed by atoms with Crippen molar-refractivity contribution in [1.29, 1.82) is 0 Å². The van der Waals surface area contributed by atoms with Gasteiger partial charge in [0.15, 0.2) is 0 Å². The molecule has 0 aromatic carbocycles. The molecular weight excluding hydrogens is 223 g/mol. The van der Waals surface area contributed by atoms with Crippen molar-refractivity contribution in [3.8, 4) is 0 Å². The van der Waals surface area contributed by atoms with Gasteiger partial charge in [0.25, 0.3) is 0 Å². The Morgan fingerprint density at radius 3 is 2.23 bits per heavy atom. The first-order chi connectivity index (χ1) is 5.57. The molecule has 0 bridgehead atoms. The Balaban J connectivity index is 0. The van der Waals surface area contributed by atoms with Crippen LogP contribution in [0.2, 0.25) is 0 Å². The number of aliphatic hydroxyl groups is 4. The fraction of sp³-hybridized carbons (Fsp3) is 1.00. The maximum Gasteiger partial charge on any atom is 0.111 e. The van der Waals surface area contributed by atoms with Gasteiger partial charge >= 0.3 is 0 Å². The number of halogens is 2. The summed E-state index contributed by atoms with van der Waals surface area (Å²) >= 11 is 0. The van der Waals surface area contributed by atoms with Gasteiger partial charge in [-0.2, -0.15) is 0 Å². The smallest absolute Gasteiger partial charge is 0.111 e. The molecule has 0 aliphatic carbocycles. The second-order valence-corrected chi connectivity index (χ2v) is 2.46. The van der Waals surface area contributed by atoms with Crippen LogP contribution in [0.1, 0.15) is 1.37 Å². The normalized spacial score (nSPS) is 45.5. The van der Waals surface area contributed by atoms with E-state index in [2.05, 4.69) is 4.74 Å². The topological polar surface area (TPSA) is 90.2 Å². The third-order valence-corrected chi connectivity index (χ3v) is 1.65. The molecule has 1 saturated heterocycles. The number of ether oxygens (including phenoxy) is 1. The zero-order chi connectivity index (χ0) is 9.30. The molecule has 0 saturated carbocycles. The van der Waals surface area contributed by atoms with Crippen LogP contribution in [0.3, 0.4) is 0 Å². The lowest BCUT2D eigenvalue weighted by Gasteiger charge is -2.34. The summed E-state index contributed by atoms with van der Waals surface area (Å²) in [5.41, 5.74) is 0. The monoisotopic (exact) mass is 237 g/mol. The van der Waals surface area contributed by atoms with Crippen molar-refractivity contribution < 1.29 is 26.5 Å². The predicted molar refractivity (Wildman–Crippen MR) is 49.3 cm³/mol. The Hall–Kier alpha value is 0.380. The van der Waals surface area contributed by atoms with E-state index in [4.69, 9.17) is 21.8 Å². The van der Waals surface area contributed by atoms with Gasteiger partial charge in [0.05, 0.1) is 14.6 Å². The molecule has 1 fully saturated rings. The van der Waals surface area contributed by atoms with Gasteiger partial charge in [-0.15, -0.1) is 24.8 Å². The van der Waals surface area contributed by atoms with Crippen molar-refractivity contribution in [2.75, 3.05) is 13.2 Å². The highest BCUT2D eigenvalue weighted by atomic mass is 35.5. The first-order valence-corrected chi connectivity index (χ1v) is 3.30. The third-order valence-electron chi connectivity index (χ3n) is 1.65. The van der Waals surface area contributed by atoms with E-state index in [0.717, 1.165) is 0 Å². The number of aliphatic hydroxyl groups excluding tert-OH is 4. The molecule has 0 radical (unpaired) electrons. The summed E-state index contributed by atoms with van der Waals surface area (Å²) in [4.78, 5) is 0. The van der Waals surface area contributed by atoms with Crippen molar-refractivity contribution in [2.45, 2.75) is 24.4 Å². The van der Waals surface area contributed by atoms with Crippen molar-refractivity contribution in [1.82, 2.24) is 0 Å². The Kier molecular flexibility index (Phi) is 6.98. The van der Waals surface area contributed by atoms with Crippen molar-refractivity contribution in [3.63, 3.8) is 0 Å². The Morgan fingerprint density at radius 2 is 1.77 bits per heavy atom. The van der Waals surface area contributed by atoms with Crippen LogP contribution in [0, 0.1) is 0 Å². The van der Waals surface area contributed by atoms with Gasteiger partial charge in [-0.3, -0.25) is 0 Å². The average Bonchev–Trinajstić information content (AvgIpc) is 2.08. The van der Waals surface area contributed by atoms with Crippen LogP contribution >= 0.6 is 24.8 Å². The minimum atomic E-state index is -1.43. The van der Waals surface area contributed by atoms with Crippen LogP contribution in [-0.4, -0.2) is 58.0 Å². The number of hydrogen-bond acceptors (Lipinski definition) is 5. The highest BCUT2D eigenvalue weighted by Crippen LogP contribution is 2.14. The number of hydrogen-bond donors (Lipinski definition) is 4. The van der Waals surface area contributed by atoms with E-state index < -0.39 is 37.6 Å². The van der Waals surface area contributed by atoms with Crippen LogP contribution in [-0.2, 0) is 4.74 Å². The molecule has 1 rings (SSSR count). The zero-order valence-electron chi connectivity index (χ0n) is 7.61. The zero-order valence-corrected chi connectivity index (χ0v) is 8.24. The third kappa shape index (κ3) is 3.55. The Bertz CT molecular complexity index is 158. The molecule has 0 spiro atoms. The van der Waals surface area contributed by atoms with Gasteiger partial charge in [-0.1, -0.05) is 0 Å². The van der Waals surface area contributed by atoms with Crippen molar-refractivity contribution in [3.05, 3.63) is 0 Å². The van der Waals surface area contributed by atoms with E-state index in [1.165, 1.54) is 0 Å². The highest BCUT2D eigenvalue weighted by molar-refractivity contribution is 5.85. The van der Waals surface area contributed by atoms with Gasteiger partial charge < -0.3 is 25.2 Å². The van der Waals surface area contributed by atoms with Crippen LogP contribution in [0.5, 0.6) is 0 Å². The standard InChI is InChI=1S/C6H12O5.2ClH/c7-1-4-6(10)5(9)3(8)2-11-4;;/h3-10H,1-2H2;2*1H/t3-,4+,5+,6+;;/m0../s1/i2D;;/t2?,3-,4+,5+,6+;;. The van der Waals surface area contributed by atoms with Gasteiger partial charge in [-0.25, -0.2) is 0 Å². The van der Waals surface area contributed by atoms with E-state index in [9.17, 15) is 0 Å². The van der Waals surface area contributed by atoms with E-state index in [-0.39, 0.29) is 24.8 Å². The summed E-state index contributed by atoms with van der Waals surface area (Å²) in [5, 5.41) is 35.9. The molecule has 7 heteroatoms. The lowest BCUT2D eigenvalue weighted by molar-refractivity contribution is -0.195. The van der Waals surface area contributed by atoms with E-state index in [1.807, 2.05) is 0 Å². The molecule has 1 unspecified atom stereocenters. The van der Waals surface area contributed by atoms with Gasteiger partial charge in [-0.05, 0) is 0 Å². The molecule has 1 aliphatic rings. The molecule has 5 atom stereocenters. The molecule has 4 N–H and O–H groups in total. The largest absolute Gasteiger partial charge is 0.394 e. The lowest BCUT2D eigenvalue weighted by Crippen LogP contribution is -2.53.